The van der Waals surface area contributed by atoms with Gasteiger partial charge in [0.15, 0.2) is 5.75 Å². The highest BCUT2D eigenvalue weighted by Crippen LogP contribution is 2.50. The Kier molecular flexibility index (Phi) is 13.0. The Morgan fingerprint density at radius 2 is 1.75 bits per heavy atom. The normalized spacial score (nSPS) is 23.0. The number of rotatable bonds is 15. The van der Waals surface area contributed by atoms with E-state index in [2.05, 4.69) is 35.0 Å². The molecule has 2 aliphatic carbocycles. The third kappa shape index (κ3) is 9.77. The molecule has 4 heterocycles. The van der Waals surface area contributed by atoms with Crippen molar-refractivity contribution in [3.8, 4) is 17.4 Å². The SMILES string of the molecule is CCOc1nc2[nH]cc(F)c2cc1Oc1cc(N2CCC3(CC2)CN([C@H]2CCC[C@H]2c2ccccc2C(C)(F)F)C3)ccc1C(=O)NS(=O)(=O)c1ccc(NCC2CCC(C)(O)CC2)c(N=O)c1. The Hall–Kier alpha value is -5.72. The number of nitrogens with one attached hydrogen (secondary N) is 3. The van der Waals surface area contributed by atoms with Crippen molar-refractivity contribution in [2.75, 3.05) is 49.5 Å². The van der Waals surface area contributed by atoms with Crippen LogP contribution in [0.15, 0.2) is 83.0 Å². The van der Waals surface area contributed by atoms with Gasteiger partial charge < -0.3 is 29.8 Å². The Labute approximate surface area is 394 Å². The van der Waals surface area contributed by atoms with Crippen LogP contribution in [0, 0.1) is 22.1 Å². The van der Waals surface area contributed by atoms with Gasteiger partial charge in [0.05, 0.1) is 33.7 Å². The lowest BCUT2D eigenvalue weighted by molar-refractivity contribution is -0.0499. The molecule has 5 aromatic rings. The number of amides is 1. The smallest absolute Gasteiger partial charge is 0.270 e. The number of nitrogens with zero attached hydrogens (tertiary/aromatic N) is 4. The van der Waals surface area contributed by atoms with Crippen LogP contribution >= 0.6 is 0 Å². The van der Waals surface area contributed by atoms with Crippen LogP contribution in [-0.4, -0.2) is 85.3 Å². The van der Waals surface area contributed by atoms with Gasteiger partial charge in [0, 0.05) is 75.3 Å². The first-order valence-electron chi connectivity index (χ1n) is 23.5. The van der Waals surface area contributed by atoms with Crippen molar-refractivity contribution in [1.82, 2.24) is 19.6 Å². The number of sulfonamides is 1. The van der Waals surface area contributed by atoms with Crippen LogP contribution in [0.4, 0.5) is 30.2 Å². The molecule has 68 heavy (non-hydrogen) atoms. The summed E-state index contributed by atoms with van der Waals surface area (Å²) in [6.45, 7) is 8.36. The van der Waals surface area contributed by atoms with Crippen LogP contribution in [0.1, 0.15) is 106 Å². The first-order valence-corrected chi connectivity index (χ1v) is 25.0. The lowest BCUT2D eigenvalue weighted by Crippen LogP contribution is -2.63. The van der Waals surface area contributed by atoms with Crippen molar-refractivity contribution in [2.24, 2.45) is 16.5 Å². The molecule has 4 N–H and O–H groups in total. The van der Waals surface area contributed by atoms with Gasteiger partial charge in [-0.25, -0.2) is 26.3 Å². The average Bonchev–Trinajstić information content (AvgIpc) is 3.93. The number of aromatic nitrogens is 2. The molecule has 9 rings (SSSR count). The summed E-state index contributed by atoms with van der Waals surface area (Å²) in [5.74, 6) is -4.24. The maximum atomic E-state index is 14.9. The van der Waals surface area contributed by atoms with Crippen molar-refractivity contribution in [2.45, 2.75) is 107 Å². The summed E-state index contributed by atoms with van der Waals surface area (Å²) >= 11 is 0. The number of benzene rings is 3. The van der Waals surface area contributed by atoms with Crippen LogP contribution in [0.5, 0.6) is 17.4 Å². The summed E-state index contributed by atoms with van der Waals surface area (Å²) in [5.41, 5.74) is 1.22. The van der Waals surface area contributed by atoms with Gasteiger partial charge in [0.25, 0.3) is 27.7 Å². The number of hydrogen-bond donors (Lipinski definition) is 4. The Bertz CT molecular complexity index is 2790. The molecule has 0 radical (unpaired) electrons. The summed E-state index contributed by atoms with van der Waals surface area (Å²) in [6.07, 6.45) is 8.64. The van der Waals surface area contributed by atoms with Crippen molar-refractivity contribution in [1.29, 1.82) is 0 Å². The third-order valence-electron chi connectivity index (χ3n) is 14.7. The number of fused-ring (bicyclic) bond motifs is 1. The summed E-state index contributed by atoms with van der Waals surface area (Å²) in [7, 11) is -4.57. The summed E-state index contributed by atoms with van der Waals surface area (Å²) < 4.78 is 86.1. The van der Waals surface area contributed by atoms with Gasteiger partial charge in [-0.05, 0) is 124 Å². The second-order valence-corrected chi connectivity index (χ2v) is 21.2. The number of hydrogen-bond acceptors (Lipinski definition) is 12. The minimum Gasteiger partial charge on any atom is -0.475 e. The summed E-state index contributed by atoms with van der Waals surface area (Å²) in [6, 6.07) is 17.2. The second-order valence-electron chi connectivity index (χ2n) is 19.5. The van der Waals surface area contributed by atoms with Gasteiger partial charge >= 0.3 is 0 Å². The fourth-order valence-corrected chi connectivity index (χ4v) is 11.8. The van der Waals surface area contributed by atoms with E-state index >= 15 is 0 Å². The predicted octanol–water partition coefficient (Wildman–Crippen LogP) is 10.1. The van der Waals surface area contributed by atoms with Crippen LogP contribution in [0.25, 0.3) is 11.0 Å². The molecule has 4 fully saturated rings. The number of alkyl halides is 2. The van der Waals surface area contributed by atoms with E-state index in [0.717, 1.165) is 82.8 Å². The molecule has 4 aliphatic rings. The maximum absolute atomic E-state index is 14.9. The predicted molar refractivity (Wildman–Crippen MR) is 253 cm³/mol. The Balaban J connectivity index is 0.927. The van der Waals surface area contributed by atoms with E-state index in [0.29, 0.717) is 43.9 Å². The minimum atomic E-state index is -4.57. The van der Waals surface area contributed by atoms with E-state index in [1.165, 1.54) is 24.3 Å². The van der Waals surface area contributed by atoms with Crippen molar-refractivity contribution in [3.05, 3.63) is 100 Å². The van der Waals surface area contributed by atoms with Crippen molar-refractivity contribution < 1.29 is 41.0 Å². The molecule has 3 aromatic carbocycles. The number of piperidine rings is 1. The molecule has 2 aliphatic heterocycles. The first-order chi connectivity index (χ1) is 32.4. The van der Waals surface area contributed by atoms with Gasteiger partial charge in [0.1, 0.15) is 22.9 Å². The fourth-order valence-electron chi connectivity index (χ4n) is 10.9. The van der Waals surface area contributed by atoms with Crippen molar-refractivity contribution >= 4 is 44.0 Å². The number of ether oxygens (including phenoxy) is 2. The highest BCUT2D eigenvalue weighted by Gasteiger charge is 2.50. The fraction of sp³-hybridized carbons (Fsp3) is 0.480. The van der Waals surface area contributed by atoms with Crippen molar-refractivity contribution in [3.63, 3.8) is 0 Å². The summed E-state index contributed by atoms with van der Waals surface area (Å²) in [4.78, 5) is 37.5. The monoisotopic (exact) mass is 957 g/mol. The van der Waals surface area contributed by atoms with Gasteiger partial charge in [0.2, 0.25) is 0 Å². The first kappa shape index (κ1) is 47.4. The second kappa shape index (κ2) is 18.6. The number of H-pyrrole nitrogens is 1. The Morgan fingerprint density at radius 1 is 1.00 bits per heavy atom. The number of pyridine rings is 1. The van der Waals surface area contributed by atoms with E-state index in [1.54, 1.807) is 31.2 Å². The molecule has 2 saturated carbocycles. The topological polar surface area (TPSA) is 179 Å². The van der Waals surface area contributed by atoms with Crippen LogP contribution in [0.3, 0.4) is 0 Å². The third-order valence-corrected chi connectivity index (χ3v) is 16.0. The number of aliphatic hydroxyl groups is 1. The van der Waals surface area contributed by atoms with Crippen LogP contribution < -0.4 is 24.4 Å². The number of carbonyl (C=O) groups is 1. The van der Waals surface area contributed by atoms with Crippen LogP contribution in [0.2, 0.25) is 0 Å². The van der Waals surface area contributed by atoms with E-state index in [-0.39, 0.29) is 80.0 Å². The zero-order valence-corrected chi connectivity index (χ0v) is 39.3. The summed E-state index contributed by atoms with van der Waals surface area (Å²) in [5, 5.41) is 16.7. The average molecular weight is 958 g/mol. The molecule has 14 nitrogen and oxygen atoms in total. The van der Waals surface area contributed by atoms with Gasteiger partial charge in [-0.2, -0.15) is 4.98 Å². The van der Waals surface area contributed by atoms with E-state index in [1.807, 2.05) is 19.1 Å². The molecule has 2 atom stereocenters. The standard InChI is InChI=1S/C50H58F3N7O7S/c1-4-66-47-44(26-37-39(51)28-55-45(37)56-47)67-43-24-32(59-22-20-50(21-23-59)29-60(30-50)42-11-7-9-35(42)34-8-5-6-10-38(34)49(3,52)53)12-14-36(43)46(61)58-68(64,65)33-13-15-40(41(25-33)57-63)54-27-31-16-18-48(2,62)19-17-31/h5-6,8,10,12-15,24-26,28,31,35,42,54,62H,4,7,9,11,16-23,27,29-30H2,1-3H3,(H,55,56)(H,58,61)/t31?,35-,42-,48?/m0/s1. The largest absolute Gasteiger partial charge is 0.475 e. The quantitative estimate of drug-likeness (QED) is 0.0734. The zero-order chi connectivity index (χ0) is 48.0. The molecular weight excluding hydrogens is 900 g/mol. The minimum absolute atomic E-state index is 0.00190. The zero-order valence-electron chi connectivity index (χ0n) is 38.5. The molecule has 2 saturated heterocycles. The molecule has 18 heteroatoms. The van der Waals surface area contributed by atoms with E-state index in [4.69, 9.17) is 9.47 Å². The van der Waals surface area contributed by atoms with E-state index < -0.39 is 33.3 Å². The van der Waals surface area contributed by atoms with E-state index in [9.17, 15) is 36.4 Å². The molecule has 1 spiro atoms. The molecule has 1 amide bonds. The van der Waals surface area contributed by atoms with Gasteiger partial charge in [-0.3, -0.25) is 9.69 Å². The number of anilines is 2. The number of nitroso groups, excluding NO2 is 1. The van der Waals surface area contributed by atoms with Crippen LogP contribution in [-0.2, 0) is 15.9 Å². The van der Waals surface area contributed by atoms with Gasteiger partial charge in [-0.15, -0.1) is 4.91 Å². The number of carbonyl (C=O) groups excluding carboxylic acids is 1. The highest BCUT2D eigenvalue weighted by atomic mass is 32.2. The van der Waals surface area contributed by atoms with Gasteiger partial charge in [-0.1, -0.05) is 30.7 Å². The molecule has 362 valence electrons. The Morgan fingerprint density at radius 3 is 2.47 bits per heavy atom. The maximum Gasteiger partial charge on any atom is 0.270 e. The number of halogens is 3. The molecule has 0 unspecified atom stereocenters. The highest BCUT2D eigenvalue weighted by molar-refractivity contribution is 7.90. The number of aromatic amines is 1. The lowest BCUT2D eigenvalue weighted by atomic mass is 9.70. The molecule has 2 aromatic heterocycles. The lowest BCUT2D eigenvalue weighted by Gasteiger charge is -2.57. The molecular formula is C50H58F3N7O7S. The molecule has 0 bridgehead atoms. The number of likely N-dealkylation sites (tertiary alicyclic amines) is 1.